The lowest BCUT2D eigenvalue weighted by Crippen LogP contribution is -2.43. The molecule has 1 aliphatic rings. The quantitative estimate of drug-likeness (QED) is 0.783. The van der Waals surface area contributed by atoms with Crippen molar-refractivity contribution in [2.75, 3.05) is 13.2 Å². The van der Waals surface area contributed by atoms with E-state index in [1.165, 1.54) is 0 Å². The molecule has 7 nitrogen and oxygen atoms in total. The van der Waals surface area contributed by atoms with Crippen LogP contribution in [0.5, 0.6) is 5.75 Å². The van der Waals surface area contributed by atoms with E-state index in [0.29, 0.717) is 24.3 Å². The number of primary amides is 1. The summed E-state index contributed by atoms with van der Waals surface area (Å²) in [6.45, 7) is 0.430. The normalized spacial score (nSPS) is 17.3. The number of hydrogen-bond acceptors (Lipinski definition) is 4. The minimum atomic E-state index is -0.844. The fraction of sp³-hybridized carbons (Fsp3) is 0.471. The number of amides is 2. The molecule has 7 heteroatoms. The number of carbonyl (C=O) groups excluding carboxylic acids is 2. The van der Waals surface area contributed by atoms with Gasteiger partial charge in [0.2, 0.25) is 0 Å². The number of carboxylic acid groups (broad SMARTS) is 1. The van der Waals surface area contributed by atoms with Crippen molar-refractivity contribution in [3.8, 4) is 5.75 Å². The van der Waals surface area contributed by atoms with Gasteiger partial charge in [-0.2, -0.15) is 0 Å². The number of benzene rings is 1. The topological polar surface area (TPSA) is 110 Å². The van der Waals surface area contributed by atoms with Gasteiger partial charge in [0.05, 0.1) is 0 Å². The van der Waals surface area contributed by atoms with E-state index >= 15 is 0 Å². The van der Waals surface area contributed by atoms with Crippen LogP contribution in [0.1, 0.15) is 42.5 Å². The molecule has 0 aliphatic carbocycles. The van der Waals surface area contributed by atoms with Crippen LogP contribution in [-0.4, -0.2) is 47.0 Å². The minimum Gasteiger partial charge on any atom is -0.484 e. The molecular weight excluding hydrogens is 312 g/mol. The first-order valence-corrected chi connectivity index (χ1v) is 8.01. The van der Waals surface area contributed by atoms with E-state index in [9.17, 15) is 14.4 Å². The van der Waals surface area contributed by atoms with Crippen LogP contribution in [0.4, 0.5) is 0 Å². The Hall–Kier alpha value is -2.57. The summed E-state index contributed by atoms with van der Waals surface area (Å²) >= 11 is 0. The van der Waals surface area contributed by atoms with E-state index in [2.05, 4.69) is 0 Å². The number of rotatable bonds is 7. The second kappa shape index (κ2) is 8.33. The van der Waals surface area contributed by atoms with Gasteiger partial charge in [-0.1, -0.05) is 0 Å². The van der Waals surface area contributed by atoms with Crippen LogP contribution in [0.2, 0.25) is 0 Å². The molecule has 1 saturated heterocycles. The highest BCUT2D eigenvalue weighted by Crippen LogP contribution is 2.24. The summed E-state index contributed by atoms with van der Waals surface area (Å²) < 4.78 is 5.17. The zero-order valence-electron chi connectivity index (χ0n) is 13.4. The van der Waals surface area contributed by atoms with Gasteiger partial charge in [-0.3, -0.25) is 14.4 Å². The Morgan fingerprint density at radius 3 is 2.54 bits per heavy atom. The van der Waals surface area contributed by atoms with Gasteiger partial charge in [0.15, 0.2) is 6.61 Å². The highest BCUT2D eigenvalue weighted by molar-refractivity contribution is 5.94. The maximum Gasteiger partial charge on any atom is 0.303 e. The van der Waals surface area contributed by atoms with Gasteiger partial charge in [-0.05, 0) is 49.9 Å². The fourth-order valence-corrected chi connectivity index (χ4v) is 2.87. The number of ether oxygens (including phenoxy) is 1. The third-order valence-electron chi connectivity index (χ3n) is 4.06. The summed E-state index contributed by atoms with van der Waals surface area (Å²) in [5, 5.41) is 8.86. The van der Waals surface area contributed by atoms with Crippen LogP contribution in [0.3, 0.4) is 0 Å². The van der Waals surface area contributed by atoms with E-state index in [1.807, 2.05) is 0 Å². The Morgan fingerprint density at radius 1 is 1.21 bits per heavy atom. The molecule has 2 rings (SSSR count). The van der Waals surface area contributed by atoms with Crippen molar-refractivity contribution in [3.63, 3.8) is 0 Å². The van der Waals surface area contributed by atoms with Crippen LogP contribution in [-0.2, 0) is 9.59 Å². The molecule has 1 heterocycles. The number of nitrogens with zero attached hydrogens (tertiary/aromatic N) is 1. The molecule has 1 atom stereocenters. The molecule has 0 aromatic heterocycles. The molecule has 1 aliphatic heterocycles. The van der Waals surface area contributed by atoms with Gasteiger partial charge >= 0.3 is 5.97 Å². The first-order valence-electron chi connectivity index (χ1n) is 8.01. The van der Waals surface area contributed by atoms with Crippen LogP contribution >= 0.6 is 0 Å². The van der Waals surface area contributed by atoms with Crippen LogP contribution in [0, 0.1) is 0 Å². The maximum atomic E-state index is 12.7. The summed E-state index contributed by atoms with van der Waals surface area (Å²) in [7, 11) is 0. The Balaban J connectivity index is 2.02. The lowest BCUT2D eigenvalue weighted by molar-refractivity contribution is -0.137. The largest absolute Gasteiger partial charge is 0.484 e. The van der Waals surface area contributed by atoms with Crippen molar-refractivity contribution in [1.29, 1.82) is 0 Å². The van der Waals surface area contributed by atoms with Crippen molar-refractivity contribution in [1.82, 2.24) is 4.90 Å². The van der Waals surface area contributed by atoms with Crippen molar-refractivity contribution >= 4 is 17.8 Å². The molecule has 1 aromatic carbocycles. The highest BCUT2D eigenvalue weighted by atomic mass is 16.5. The molecule has 1 aromatic rings. The molecule has 130 valence electrons. The van der Waals surface area contributed by atoms with Crippen LogP contribution in [0.15, 0.2) is 24.3 Å². The molecule has 0 spiro atoms. The lowest BCUT2D eigenvalue weighted by atomic mass is 9.97. The molecular formula is C17H22N2O5. The van der Waals surface area contributed by atoms with Crippen molar-refractivity contribution in [2.45, 2.75) is 38.1 Å². The molecule has 1 fully saturated rings. The summed E-state index contributed by atoms with van der Waals surface area (Å²) in [5.41, 5.74) is 5.53. The minimum absolute atomic E-state index is 0.0341. The number of carboxylic acids is 1. The molecule has 24 heavy (non-hydrogen) atoms. The Kier molecular flexibility index (Phi) is 6.17. The average Bonchev–Trinajstić information content (AvgIpc) is 2.58. The second-order valence-corrected chi connectivity index (χ2v) is 5.86. The smallest absolute Gasteiger partial charge is 0.303 e. The number of aliphatic carboxylic acids is 1. The zero-order chi connectivity index (χ0) is 17.5. The molecule has 0 bridgehead atoms. The predicted octanol–water partition coefficient (Wildman–Crippen LogP) is 1.41. The van der Waals surface area contributed by atoms with Gasteiger partial charge in [0.25, 0.3) is 11.8 Å². The zero-order valence-corrected chi connectivity index (χ0v) is 13.4. The SMILES string of the molecule is NC(=O)COc1ccc(C(=O)N2CCCC[C@@H]2CCC(=O)O)cc1. The third kappa shape index (κ3) is 4.97. The monoisotopic (exact) mass is 334 g/mol. The first kappa shape index (κ1) is 17.8. The average molecular weight is 334 g/mol. The molecule has 2 amide bonds. The van der Waals surface area contributed by atoms with Crippen molar-refractivity contribution in [2.24, 2.45) is 5.73 Å². The van der Waals surface area contributed by atoms with Gasteiger partial charge in [0, 0.05) is 24.6 Å². The Morgan fingerprint density at radius 2 is 1.92 bits per heavy atom. The standard InChI is InChI=1S/C17H22N2O5/c18-15(20)11-24-14-7-4-12(5-8-14)17(23)19-10-2-1-3-13(19)6-9-16(21)22/h4-5,7-8,13H,1-3,6,9-11H2,(H2,18,20)(H,21,22)/t13-/m1/s1. The van der Waals surface area contributed by atoms with E-state index in [1.54, 1.807) is 29.2 Å². The first-order chi connectivity index (χ1) is 11.5. The second-order valence-electron chi connectivity index (χ2n) is 5.86. The lowest BCUT2D eigenvalue weighted by Gasteiger charge is -2.35. The van der Waals surface area contributed by atoms with Gasteiger partial charge < -0.3 is 20.5 Å². The van der Waals surface area contributed by atoms with Crippen LogP contribution in [0.25, 0.3) is 0 Å². The third-order valence-corrected chi connectivity index (χ3v) is 4.06. The van der Waals surface area contributed by atoms with Crippen LogP contribution < -0.4 is 10.5 Å². The number of piperidine rings is 1. The maximum absolute atomic E-state index is 12.7. The highest BCUT2D eigenvalue weighted by Gasteiger charge is 2.27. The molecule has 0 radical (unpaired) electrons. The summed E-state index contributed by atoms with van der Waals surface area (Å²) in [6, 6.07) is 6.48. The molecule has 0 saturated carbocycles. The van der Waals surface area contributed by atoms with E-state index < -0.39 is 11.9 Å². The van der Waals surface area contributed by atoms with E-state index in [0.717, 1.165) is 19.3 Å². The summed E-state index contributed by atoms with van der Waals surface area (Å²) in [4.78, 5) is 35.9. The number of nitrogens with two attached hydrogens (primary N) is 1. The fourth-order valence-electron chi connectivity index (χ4n) is 2.87. The van der Waals surface area contributed by atoms with Crippen molar-refractivity contribution < 1.29 is 24.2 Å². The summed E-state index contributed by atoms with van der Waals surface area (Å²) in [6.07, 6.45) is 3.30. The Labute approximate surface area is 140 Å². The molecule has 0 unspecified atom stereocenters. The number of likely N-dealkylation sites (tertiary alicyclic amines) is 1. The van der Waals surface area contributed by atoms with Crippen molar-refractivity contribution in [3.05, 3.63) is 29.8 Å². The van der Waals surface area contributed by atoms with E-state index in [-0.39, 0.29) is 25.0 Å². The van der Waals surface area contributed by atoms with Gasteiger partial charge in [0.1, 0.15) is 5.75 Å². The summed E-state index contributed by atoms with van der Waals surface area (Å²) in [5.74, 6) is -1.05. The predicted molar refractivity (Wildman–Crippen MR) is 86.7 cm³/mol. The van der Waals surface area contributed by atoms with Gasteiger partial charge in [-0.25, -0.2) is 0 Å². The Bertz CT molecular complexity index is 600. The van der Waals surface area contributed by atoms with E-state index in [4.69, 9.17) is 15.6 Å². The van der Waals surface area contributed by atoms with Gasteiger partial charge in [-0.15, -0.1) is 0 Å². The number of hydrogen-bond donors (Lipinski definition) is 2. The number of carbonyl (C=O) groups is 3. The molecule has 3 N–H and O–H groups in total.